The van der Waals surface area contributed by atoms with Gasteiger partial charge in [-0.15, -0.1) is 0 Å². The van der Waals surface area contributed by atoms with Crippen LogP contribution in [0.5, 0.6) is 0 Å². The number of anilines is 1. The van der Waals surface area contributed by atoms with Crippen molar-refractivity contribution in [1.29, 1.82) is 0 Å². The van der Waals surface area contributed by atoms with E-state index in [0.29, 0.717) is 5.02 Å². The molecule has 1 N–H and O–H groups in total. The lowest BCUT2D eigenvalue weighted by molar-refractivity contribution is -0.107. The third-order valence-electron chi connectivity index (χ3n) is 1.62. The van der Waals surface area contributed by atoms with Gasteiger partial charge in [-0.1, -0.05) is 23.4 Å². The van der Waals surface area contributed by atoms with Crippen molar-refractivity contribution in [3.63, 3.8) is 0 Å². The van der Waals surface area contributed by atoms with E-state index in [9.17, 15) is 4.79 Å². The molecule has 4 heteroatoms. The molecular weight excluding hydrogens is 194 g/mol. The lowest BCUT2D eigenvalue weighted by atomic mass is 10.3. The van der Waals surface area contributed by atoms with Gasteiger partial charge in [-0.05, 0) is 18.2 Å². The standard InChI is InChI=1S/C8H6ClNOS/c9-5-1-2-7-6(3-5)10-8(4-11)12-7/h1-4,8,10H. The Kier molecular flexibility index (Phi) is 1.98. The number of halogens is 1. The number of benzene rings is 1. The van der Waals surface area contributed by atoms with E-state index in [1.165, 1.54) is 11.8 Å². The van der Waals surface area contributed by atoms with E-state index in [2.05, 4.69) is 5.32 Å². The second-order valence-electron chi connectivity index (χ2n) is 2.46. The minimum atomic E-state index is -0.154. The van der Waals surface area contributed by atoms with E-state index in [-0.39, 0.29) is 5.37 Å². The van der Waals surface area contributed by atoms with Crippen LogP contribution >= 0.6 is 23.4 Å². The Morgan fingerprint density at radius 1 is 1.58 bits per heavy atom. The van der Waals surface area contributed by atoms with Crippen molar-refractivity contribution >= 4 is 35.3 Å². The minimum absolute atomic E-state index is 0.154. The van der Waals surface area contributed by atoms with Crippen LogP contribution in [0.15, 0.2) is 23.1 Å². The van der Waals surface area contributed by atoms with Gasteiger partial charge in [-0.3, -0.25) is 0 Å². The molecule has 0 saturated carbocycles. The summed E-state index contributed by atoms with van der Waals surface area (Å²) in [6.45, 7) is 0. The van der Waals surface area contributed by atoms with Gasteiger partial charge in [0.1, 0.15) is 5.37 Å². The summed E-state index contributed by atoms with van der Waals surface area (Å²) in [6.07, 6.45) is 0.887. The number of hydrogen-bond donors (Lipinski definition) is 1. The monoisotopic (exact) mass is 199 g/mol. The van der Waals surface area contributed by atoms with Crippen molar-refractivity contribution in [2.24, 2.45) is 0 Å². The fraction of sp³-hybridized carbons (Fsp3) is 0.125. The van der Waals surface area contributed by atoms with Crippen molar-refractivity contribution in [3.8, 4) is 0 Å². The predicted octanol–water partition coefficient (Wildman–Crippen LogP) is 2.38. The van der Waals surface area contributed by atoms with Crippen LogP contribution in [-0.4, -0.2) is 11.7 Å². The van der Waals surface area contributed by atoms with Crippen LogP contribution in [0.1, 0.15) is 0 Å². The van der Waals surface area contributed by atoms with Crippen molar-refractivity contribution < 1.29 is 4.79 Å². The first-order valence-electron chi connectivity index (χ1n) is 3.47. The molecule has 2 rings (SSSR count). The number of carbonyl (C=O) groups excluding carboxylic acids is 1. The highest BCUT2D eigenvalue weighted by molar-refractivity contribution is 8.01. The molecule has 0 spiro atoms. The van der Waals surface area contributed by atoms with Crippen LogP contribution in [-0.2, 0) is 4.79 Å². The molecule has 1 heterocycles. The molecule has 0 amide bonds. The number of hydrogen-bond acceptors (Lipinski definition) is 3. The SMILES string of the molecule is O=CC1Nc2cc(Cl)ccc2S1. The fourth-order valence-corrected chi connectivity index (χ4v) is 2.18. The van der Waals surface area contributed by atoms with E-state index < -0.39 is 0 Å². The molecule has 2 nitrogen and oxygen atoms in total. The van der Waals surface area contributed by atoms with Gasteiger partial charge in [0.2, 0.25) is 0 Å². The van der Waals surface area contributed by atoms with Gasteiger partial charge in [-0.25, -0.2) is 0 Å². The third kappa shape index (κ3) is 1.30. The Hall–Kier alpha value is -0.670. The summed E-state index contributed by atoms with van der Waals surface area (Å²) in [7, 11) is 0. The molecule has 0 radical (unpaired) electrons. The second-order valence-corrected chi connectivity index (χ2v) is 4.08. The maximum absolute atomic E-state index is 10.4. The van der Waals surface area contributed by atoms with Crippen LogP contribution in [0, 0.1) is 0 Å². The Morgan fingerprint density at radius 2 is 2.42 bits per heavy atom. The van der Waals surface area contributed by atoms with E-state index in [1.54, 1.807) is 0 Å². The van der Waals surface area contributed by atoms with Crippen LogP contribution in [0.3, 0.4) is 0 Å². The maximum atomic E-state index is 10.4. The molecule has 0 aromatic heterocycles. The van der Waals surface area contributed by atoms with Crippen molar-refractivity contribution in [2.45, 2.75) is 10.3 Å². The molecule has 1 aromatic rings. The summed E-state index contributed by atoms with van der Waals surface area (Å²) in [4.78, 5) is 11.5. The lowest BCUT2D eigenvalue weighted by Crippen LogP contribution is -2.10. The van der Waals surface area contributed by atoms with E-state index in [1.807, 2.05) is 18.2 Å². The van der Waals surface area contributed by atoms with Crippen molar-refractivity contribution in [2.75, 3.05) is 5.32 Å². The van der Waals surface area contributed by atoms with Crippen LogP contribution in [0.4, 0.5) is 5.69 Å². The van der Waals surface area contributed by atoms with Gasteiger partial charge >= 0.3 is 0 Å². The number of thioether (sulfide) groups is 1. The average molecular weight is 200 g/mol. The first-order valence-corrected chi connectivity index (χ1v) is 4.73. The molecule has 0 fully saturated rings. The van der Waals surface area contributed by atoms with Gasteiger partial charge in [0.25, 0.3) is 0 Å². The molecule has 1 aromatic carbocycles. The molecule has 12 heavy (non-hydrogen) atoms. The zero-order valence-corrected chi connectivity index (χ0v) is 7.65. The highest BCUT2D eigenvalue weighted by Crippen LogP contribution is 2.38. The zero-order valence-electron chi connectivity index (χ0n) is 6.08. The summed E-state index contributed by atoms with van der Waals surface area (Å²) < 4.78 is 0. The van der Waals surface area contributed by atoms with Gasteiger partial charge in [-0.2, -0.15) is 0 Å². The molecule has 62 valence electrons. The number of nitrogens with one attached hydrogen (secondary N) is 1. The predicted molar refractivity (Wildman–Crippen MR) is 50.8 cm³/mol. The summed E-state index contributed by atoms with van der Waals surface area (Å²) >= 11 is 7.28. The normalized spacial score (nSPS) is 19.9. The summed E-state index contributed by atoms with van der Waals surface area (Å²) in [5, 5.41) is 3.57. The molecule has 0 aliphatic carbocycles. The largest absolute Gasteiger partial charge is 0.366 e. The number of carbonyl (C=O) groups is 1. The molecule has 1 aliphatic heterocycles. The first kappa shape index (κ1) is 7.95. The third-order valence-corrected chi connectivity index (χ3v) is 2.94. The smallest absolute Gasteiger partial charge is 0.152 e. The number of fused-ring (bicyclic) bond motifs is 1. The van der Waals surface area contributed by atoms with Crippen molar-refractivity contribution in [3.05, 3.63) is 23.2 Å². The Morgan fingerprint density at radius 3 is 3.17 bits per heavy atom. The molecule has 1 aliphatic rings. The van der Waals surface area contributed by atoms with E-state index in [4.69, 9.17) is 11.6 Å². The fourth-order valence-electron chi connectivity index (χ4n) is 1.10. The molecule has 1 unspecified atom stereocenters. The lowest BCUT2D eigenvalue weighted by Gasteiger charge is -1.99. The summed E-state index contributed by atoms with van der Waals surface area (Å²) in [6, 6.07) is 5.56. The molecule has 0 bridgehead atoms. The Bertz CT molecular complexity index is 329. The molecule has 1 atom stereocenters. The molecule has 0 saturated heterocycles. The van der Waals surface area contributed by atoms with Gasteiger partial charge in [0.15, 0.2) is 6.29 Å². The minimum Gasteiger partial charge on any atom is -0.366 e. The quantitative estimate of drug-likeness (QED) is 0.705. The van der Waals surface area contributed by atoms with Gasteiger partial charge in [0, 0.05) is 9.92 Å². The highest BCUT2D eigenvalue weighted by atomic mass is 35.5. The van der Waals surface area contributed by atoms with E-state index >= 15 is 0 Å². The molecular formula is C8H6ClNOS. The number of aldehydes is 1. The van der Waals surface area contributed by atoms with Crippen LogP contribution in [0.25, 0.3) is 0 Å². The van der Waals surface area contributed by atoms with E-state index in [0.717, 1.165) is 16.9 Å². The Labute approximate surface area is 79.3 Å². The number of rotatable bonds is 1. The highest BCUT2D eigenvalue weighted by Gasteiger charge is 2.20. The van der Waals surface area contributed by atoms with Gasteiger partial charge in [0.05, 0.1) is 5.69 Å². The first-order chi connectivity index (χ1) is 5.79. The average Bonchev–Trinajstić information content (AvgIpc) is 2.46. The summed E-state index contributed by atoms with van der Waals surface area (Å²) in [5.41, 5.74) is 0.949. The van der Waals surface area contributed by atoms with Crippen LogP contribution < -0.4 is 5.32 Å². The second kappa shape index (κ2) is 2.99. The maximum Gasteiger partial charge on any atom is 0.152 e. The van der Waals surface area contributed by atoms with Gasteiger partial charge < -0.3 is 10.1 Å². The zero-order chi connectivity index (χ0) is 8.55. The Balaban J connectivity index is 2.35. The topological polar surface area (TPSA) is 29.1 Å². The van der Waals surface area contributed by atoms with Crippen molar-refractivity contribution in [1.82, 2.24) is 0 Å². The summed E-state index contributed by atoms with van der Waals surface area (Å²) in [5.74, 6) is 0. The van der Waals surface area contributed by atoms with Crippen LogP contribution in [0.2, 0.25) is 5.02 Å².